The Morgan fingerprint density at radius 1 is 1.46 bits per heavy atom. The molecule has 1 fully saturated rings. The van der Waals surface area contributed by atoms with Crippen molar-refractivity contribution in [1.82, 2.24) is 10.2 Å². The van der Waals surface area contributed by atoms with Crippen LogP contribution in [0.4, 0.5) is 4.79 Å². The van der Waals surface area contributed by atoms with Gasteiger partial charge in [-0.2, -0.15) is 0 Å². The summed E-state index contributed by atoms with van der Waals surface area (Å²) in [5, 5.41) is 3.14. The van der Waals surface area contributed by atoms with Crippen LogP contribution in [0, 0.1) is 0 Å². The van der Waals surface area contributed by atoms with Crippen molar-refractivity contribution >= 4 is 22.0 Å². The lowest BCUT2D eigenvalue weighted by Crippen LogP contribution is -2.51. The van der Waals surface area contributed by atoms with Gasteiger partial charge in [0.05, 0.1) is 43.0 Å². The Labute approximate surface area is 150 Å². The molecule has 132 valence electrons. The van der Waals surface area contributed by atoms with Gasteiger partial charge in [-0.05, 0) is 28.9 Å². The van der Waals surface area contributed by atoms with Gasteiger partial charge in [-0.1, -0.05) is 12.1 Å². The second-order valence-electron chi connectivity index (χ2n) is 5.90. The Bertz CT molecular complexity index is 584. The number of hydrogen-bond donors (Lipinski definition) is 1. The van der Waals surface area contributed by atoms with Crippen molar-refractivity contribution in [2.45, 2.75) is 25.5 Å². The maximum Gasteiger partial charge on any atom is 0.318 e. The lowest BCUT2D eigenvalue weighted by molar-refractivity contribution is -0.0569. The molecule has 2 heterocycles. The molecule has 2 aliphatic rings. The van der Waals surface area contributed by atoms with Crippen molar-refractivity contribution in [2.75, 3.05) is 39.5 Å². The minimum absolute atomic E-state index is 0.0352. The Hall–Kier alpha value is -1.31. The molecule has 24 heavy (non-hydrogen) atoms. The quantitative estimate of drug-likeness (QED) is 0.846. The van der Waals surface area contributed by atoms with Crippen molar-refractivity contribution in [3.8, 4) is 5.75 Å². The van der Waals surface area contributed by atoms with E-state index in [1.165, 1.54) is 0 Å². The highest BCUT2D eigenvalue weighted by Gasteiger charge is 2.29. The first-order valence-electron chi connectivity index (χ1n) is 8.35. The van der Waals surface area contributed by atoms with Gasteiger partial charge >= 0.3 is 6.03 Å². The van der Waals surface area contributed by atoms with Crippen molar-refractivity contribution in [1.29, 1.82) is 0 Å². The highest BCUT2D eigenvalue weighted by atomic mass is 79.9. The third-order valence-corrected chi connectivity index (χ3v) is 4.88. The van der Waals surface area contributed by atoms with E-state index in [4.69, 9.17) is 14.2 Å². The van der Waals surface area contributed by atoms with Gasteiger partial charge in [0.15, 0.2) is 0 Å². The molecule has 0 saturated carbocycles. The molecular formula is C17H23BrN2O4. The molecule has 7 heteroatoms. The predicted octanol–water partition coefficient (Wildman–Crippen LogP) is 2.72. The lowest BCUT2D eigenvalue weighted by Gasteiger charge is -2.35. The minimum Gasteiger partial charge on any atom is -0.492 e. The van der Waals surface area contributed by atoms with Crippen LogP contribution in [0.3, 0.4) is 0 Å². The van der Waals surface area contributed by atoms with E-state index in [0.29, 0.717) is 39.5 Å². The molecule has 0 aromatic heterocycles. The van der Waals surface area contributed by atoms with Crippen molar-refractivity contribution in [3.63, 3.8) is 0 Å². The molecule has 1 aromatic carbocycles. The summed E-state index contributed by atoms with van der Waals surface area (Å²) in [5.41, 5.74) is 1.02. The van der Waals surface area contributed by atoms with Crippen LogP contribution in [0.1, 0.15) is 24.9 Å². The van der Waals surface area contributed by atoms with Gasteiger partial charge in [-0.3, -0.25) is 0 Å². The smallest absolute Gasteiger partial charge is 0.318 e. The monoisotopic (exact) mass is 398 g/mol. The third kappa shape index (κ3) is 4.02. The fraction of sp³-hybridized carbons (Fsp3) is 0.588. The molecule has 2 aliphatic heterocycles. The summed E-state index contributed by atoms with van der Waals surface area (Å²) in [4.78, 5) is 14.5. The normalized spacial score (nSPS) is 23.3. The number of fused-ring (bicyclic) bond motifs is 1. The van der Waals surface area contributed by atoms with Gasteiger partial charge in [-0.25, -0.2) is 4.79 Å². The Balaban J connectivity index is 1.62. The van der Waals surface area contributed by atoms with Crippen LogP contribution >= 0.6 is 15.9 Å². The van der Waals surface area contributed by atoms with E-state index in [9.17, 15) is 4.79 Å². The summed E-state index contributed by atoms with van der Waals surface area (Å²) in [7, 11) is 0. The van der Waals surface area contributed by atoms with E-state index in [-0.39, 0.29) is 18.2 Å². The molecule has 3 rings (SSSR count). The van der Waals surface area contributed by atoms with E-state index in [2.05, 4.69) is 21.2 Å². The van der Waals surface area contributed by atoms with Crippen LogP contribution < -0.4 is 10.1 Å². The molecule has 2 unspecified atom stereocenters. The van der Waals surface area contributed by atoms with E-state index in [1.54, 1.807) is 4.90 Å². The number of carbonyl (C=O) groups is 1. The standard InChI is InChI=1S/C17H23BrN2O4/c1-2-22-11-12-10-20(7-9-23-12)17(21)19-15-6-8-24-16-13(15)4-3-5-14(16)18/h3-5,12,15H,2,6-11H2,1H3,(H,19,21). The number of morpholine rings is 1. The molecular weight excluding hydrogens is 376 g/mol. The number of nitrogens with one attached hydrogen (secondary N) is 1. The van der Waals surface area contributed by atoms with E-state index >= 15 is 0 Å². The highest BCUT2D eigenvalue weighted by molar-refractivity contribution is 9.10. The molecule has 2 atom stereocenters. The number of carbonyl (C=O) groups excluding carboxylic acids is 1. The third-order valence-electron chi connectivity index (χ3n) is 4.26. The first kappa shape index (κ1) is 17.5. The number of para-hydroxylation sites is 1. The number of ether oxygens (including phenoxy) is 3. The largest absolute Gasteiger partial charge is 0.492 e. The van der Waals surface area contributed by atoms with E-state index in [1.807, 2.05) is 25.1 Å². The number of rotatable bonds is 4. The molecule has 1 saturated heterocycles. The van der Waals surface area contributed by atoms with Crippen LogP contribution in [0.25, 0.3) is 0 Å². The SMILES string of the molecule is CCOCC1CN(C(=O)NC2CCOc3c(Br)cccc32)CCO1. The minimum atomic E-state index is -0.0578. The molecule has 2 amide bonds. The van der Waals surface area contributed by atoms with Crippen LogP contribution in [-0.2, 0) is 9.47 Å². The van der Waals surface area contributed by atoms with Gasteiger partial charge < -0.3 is 24.4 Å². The maximum atomic E-state index is 12.6. The predicted molar refractivity (Wildman–Crippen MR) is 93.3 cm³/mol. The molecule has 0 spiro atoms. The zero-order chi connectivity index (χ0) is 16.9. The van der Waals surface area contributed by atoms with Gasteiger partial charge in [-0.15, -0.1) is 0 Å². The maximum absolute atomic E-state index is 12.6. The van der Waals surface area contributed by atoms with Gasteiger partial charge in [0.25, 0.3) is 0 Å². The van der Waals surface area contributed by atoms with Crippen LogP contribution in [0.2, 0.25) is 0 Å². The summed E-state index contributed by atoms with van der Waals surface area (Å²) in [6.07, 6.45) is 0.711. The van der Waals surface area contributed by atoms with Crippen molar-refractivity contribution in [3.05, 3.63) is 28.2 Å². The zero-order valence-corrected chi connectivity index (χ0v) is 15.4. The highest BCUT2D eigenvalue weighted by Crippen LogP contribution is 2.37. The second kappa shape index (κ2) is 8.18. The number of halogens is 1. The second-order valence-corrected chi connectivity index (χ2v) is 6.75. The van der Waals surface area contributed by atoms with Crippen molar-refractivity contribution < 1.29 is 19.0 Å². The van der Waals surface area contributed by atoms with E-state index < -0.39 is 0 Å². The summed E-state index contributed by atoms with van der Waals surface area (Å²) in [6.45, 7) is 5.42. The average Bonchev–Trinajstić information content (AvgIpc) is 2.61. The zero-order valence-electron chi connectivity index (χ0n) is 13.8. The number of hydrogen-bond acceptors (Lipinski definition) is 4. The first-order chi connectivity index (χ1) is 11.7. The topological polar surface area (TPSA) is 60.0 Å². The Kier molecular flexibility index (Phi) is 5.97. The number of urea groups is 1. The van der Waals surface area contributed by atoms with Crippen molar-refractivity contribution in [2.24, 2.45) is 0 Å². The summed E-state index contributed by atoms with van der Waals surface area (Å²) >= 11 is 3.51. The number of amides is 2. The molecule has 1 N–H and O–H groups in total. The first-order valence-corrected chi connectivity index (χ1v) is 9.14. The number of benzene rings is 1. The summed E-state index contributed by atoms with van der Waals surface area (Å²) in [6, 6.07) is 5.82. The summed E-state index contributed by atoms with van der Waals surface area (Å²) < 4.78 is 17.7. The number of nitrogens with zero attached hydrogens (tertiary/aromatic N) is 1. The molecule has 1 aromatic rings. The summed E-state index contributed by atoms with van der Waals surface area (Å²) in [5.74, 6) is 0.824. The lowest BCUT2D eigenvalue weighted by atomic mass is 10.0. The molecule has 0 aliphatic carbocycles. The van der Waals surface area contributed by atoms with Crippen LogP contribution in [-0.4, -0.2) is 56.6 Å². The Morgan fingerprint density at radius 3 is 3.17 bits per heavy atom. The fourth-order valence-corrected chi connectivity index (χ4v) is 3.53. The van der Waals surface area contributed by atoms with Crippen LogP contribution in [0.5, 0.6) is 5.75 Å². The average molecular weight is 399 g/mol. The fourth-order valence-electron chi connectivity index (χ4n) is 3.03. The molecule has 6 nitrogen and oxygen atoms in total. The van der Waals surface area contributed by atoms with Gasteiger partial charge in [0, 0.05) is 25.1 Å². The Morgan fingerprint density at radius 2 is 2.33 bits per heavy atom. The van der Waals surface area contributed by atoms with Crippen LogP contribution in [0.15, 0.2) is 22.7 Å². The van der Waals surface area contributed by atoms with E-state index in [0.717, 1.165) is 22.2 Å². The van der Waals surface area contributed by atoms with Gasteiger partial charge in [0.1, 0.15) is 5.75 Å². The molecule has 0 radical (unpaired) electrons. The molecule has 0 bridgehead atoms. The van der Waals surface area contributed by atoms with Gasteiger partial charge in [0.2, 0.25) is 0 Å².